The van der Waals surface area contributed by atoms with Gasteiger partial charge in [0, 0.05) is 23.8 Å². The van der Waals surface area contributed by atoms with Crippen LogP contribution in [0.5, 0.6) is 0 Å². The van der Waals surface area contributed by atoms with Crippen molar-refractivity contribution in [2.24, 2.45) is 0 Å². The van der Waals surface area contributed by atoms with Crippen LogP contribution in [0.2, 0.25) is 0 Å². The number of aryl methyl sites for hydroxylation is 1. The molecule has 0 unspecified atom stereocenters. The molecule has 17 heavy (non-hydrogen) atoms. The number of hydrogen-bond donors (Lipinski definition) is 0. The quantitative estimate of drug-likeness (QED) is 0.810. The highest BCUT2D eigenvalue weighted by atomic mass is 79.9. The van der Waals surface area contributed by atoms with Gasteiger partial charge in [0.1, 0.15) is 0 Å². The molecule has 2 aromatic carbocycles. The summed E-state index contributed by atoms with van der Waals surface area (Å²) in [7, 11) is 2.12. The fourth-order valence-corrected chi connectivity index (χ4v) is 2.02. The zero-order valence-corrected chi connectivity index (χ0v) is 11.7. The lowest BCUT2D eigenvalue weighted by Gasteiger charge is -2.19. The Morgan fingerprint density at radius 2 is 1.53 bits per heavy atom. The van der Waals surface area contributed by atoms with Crippen molar-refractivity contribution < 1.29 is 0 Å². The molecule has 0 radical (unpaired) electrons. The maximum Gasteiger partial charge on any atom is 0.0426 e. The molecule has 0 aliphatic rings. The minimum absolute atomic E-state index is 0.927. The van der Waals surface area contributed by atoms with Crippen LogP contribution in [0.3, 0.4) is 0 Å². The van der Waals surface area contributed by atoms with E-state index in [1.807, 2.05) is 0 Å². The molecule has 0 heterocycles. The van der Waals surface area contributed by atoms with Gasteiger partial charge in [-0.15, -0.1) is 0 Å². The van der Waals surface area contributed by atoms with E-state index in [-0.39, 0.29) is 0 Å². The Labute approximate surface area is 111 Å². The van der Waals surface area contributed by atoms with Crippen molar-refractivity contribution in [2.45, 2.75) is 13.5 Å². The maximum atomic E-state index is 3.45. The summed E-state index contributed by atoms with van der Waals surface area (Å²) in [4.78, 5) is 2.25. The monoisotopic (exact) mass is 289 g/mol. The third-order valence-electron chi connectivity index (χ3n) is 2.81. The first-order chi connectivity index (χ1) is 8.15. The first-order valence-corrected chi connectivity index (χ1v) is 6.47. The summed E-state index contributed by atoms with van der Waals surface area (Å²) in [6, 6.07) is 17.1. The predicted octanol–water partition coefficient (Wildman–Crippen LogP) is 4.39. The van der Waals surface area contributed by atoms with Crippen molar-refractivity contribution in [1.82, 2.24) is 0 Å². The third kappa shape index (κ3) is 3.34. The number of hydrogen-bond acceptors (Lipinski definition) is 1. The Morgan fingerprint density at radius 1 is 0.941 bits per heavy atom. The molecule has 0 bridgehead atoms. The lowest BCUT2D eigenvalue weighted by molar-refractivity contribution is 0.922. The molecule has 2 aromatic rings. The van der Waals surface area contributed by atoms with Crippen molar-refractivity contribution in [3.05, 3.63) is 64.1 Å². The van der Waals surface area contributed by atoms with Crippen LogP contribution in [0.4, 0.5) is 5.69 Å². The minimum Gasteiger partial charge on any atom is -0.370 e. The Bertz CT molecular complexity index is 473. The van der Waals surface area contributed by atoms with Crippen molar-refractivity contribution in [3.63, 3.8) is 0 Å². The third-order valence-corrected chi connectivity index (χ3v) is 3.34. The summed E-state index contributed by atoms with van der Waals surface area (Å²) < 4.78 is 1.12. The standard InChI is InChI=1S/C15H16BrN/c1-12-3-9-15(10-4-12)17(2)11-13-5-7-14(16)8-6-13/h3-10H,11H2,1-2H3. The summed E-state index contributed by atoms with van der Waals surface area (Å²) in [6.45, 7) is 3.04. The highest BCUT2D eigenvalue weighted by molar-refractivity contribution is 9.10. The van der Waals surface area contributed by atoms with E-state index < -0.39 is 0 Å². The van der Waals surface area contributed by atoms with Crippen molar-refractivity contribution in [1.29, 1.82) is 0 Å². The Kier molecular flexibility index (Phi) is 3.85. The first-order valence-electron chi connectivity index (χ1n) is 5.67. The van der Waals surface area contributed by atoms with Gasteiger partial charge in [-0.1, -0.05) is 45.8 Å². The van der Waals surface area contributed by atoms with E-state index in [2.05, 4.69) is 83.3 Å². The first kappa shape index (κ1) is 12.2. The molecule has 0 spiro atoms. The van der Waals surface area contributed by atoms with Gasteiger partial charge in [0.05, 0.1) is 0 Å². The summed E-state index contributed by atoms with van der Waals surface area (Å²) in [5, 5.41) is 0. The van der Waals surface area contributed by atoms with E-state index in [0.717, 1.165) is 11.0 Å². The number of rotatable bonds is 3. The van der Waals surface area contributed by atoms with Crippen LogP contribution in [0.1, 0.15) is 11.1 Å². The molecule has 0 aromatic heterocycles. The number of anilines is 1. The van der Waals surface area contributed by atoms with Gasteiger partial charge in [-0.05, 0) is 36.8 Å². The normalized spacial score (nSPS) is 10.3. The van der Waals surface area contributed by atoms with E-state index in [4.69, 9.17) is 0 Å². The van der Waals surface area contributed by atoms with Crippen LogP contribution in [0.25, 0.3) is 0 Å². The fraction of sp³-hybridized carbons (Fsp3) is 0.200. The lowest BCUT2D eigenvalue weighted by atomic mass is 10.2. The summed E-state index contributed by atoms with van der Waals surface area (Å²) in [5.41, 5.74) is 3.86. The van der Waals surface area contributed by atoms with E-state index in [1.165, 1.54) is 16.8 Å². The van der Waals surface area contributed by atoms with Crippen molar-refractivity contribution in [2.75, 3.05) is 11.9 Å². The van der Waals surface area contributed by atoms with Gasteiger partial charge in [0.2, 0.25) is 0 Å². The predicted molar refractivity (Wildman–Crippen MR) is 77.4 cm³/mol. The van der Waals surface area contributed by atoms with Crippen LogP contribution >= 0.6 is 15.9 Å². The van der Waals surface area contributed by atoms with Gasteiger partial charge in [0.25, 0.3) is 0 Å². The Morgan fingerprint density at radius 3 is 2.12 bits per heavy atom. The molecule has 0 aliphatic heterocycles. The Balaban J connectivity index is 2.08. The van der Waals surface area contributed by atoms with E-state index in [0.29, 0.717) is 0 Å². The highest BCUT2D eigenvalue weighted by Crippen LogP contribution is 2.17. The molecule has 88 valence electrons. The molecule has 0 aliphatic carbocycles. The molecular weight excluding hydrogens is 274 g/mol. The van der Waals surface area contributed by atoms with Crippen LogP contribution in [-0.2, 0) is 6.54 Å². The fourth-order valence-electron chi connectivity index (χ4n) is 1.75. The van der Waals surface area contributed by atoms with Gasteiger partial charge < -0.3 is 4.90 Å². The van der Waals surface area contributed by atoms with Crippen molar-refractivity contribution >= 4 is 21.6 Å². The minimum atomic E-state index is 0.927. The van der Waals surface area contributed by atoms with Crippen LogP contribution in [0, 0.1) is 6.92 Å². The lowest BCUT2D eigenvalue weighted by Crippen LogP contribution is -2.16. The van der Waals surface area contributed by atoms with Gasteiger partial charge in [0.15, 0.2) is 0 Å². The summed E-state index contributed by atoms with van der Waals surface area (Å²) in [6.07, 6.45) is 0. The van der Waals surface area contributed by atoms with Crippen molar-refractivity contribution in [3.8, 4) is 0 Å². The van der Waals surface area contributed by atoms with Gasteiger partial charge >= 0.3 is 0 Å². The molecule has 0 saturated heterocycles. The second kappa shape index (κ2) is 5.37. The van der Waals surface area contributed by atoms with E-state index >= 15 is 0 Å². The van der Waals surface area contributed by atoms with E-state index in [9.17, 15) is 0 Å². The SMILES string of the molecule is Cc1ccc(N(C)Cc2ccc(Br)cc2)cc1. The molecule has 0 amide bonds. The topological polar surface area (TPSA) is 3.24 Å². The molecule has 2 rings (SSSR count). The second-order valence-electron chi connectivity index (χ2n) is 4.32. The second-order valence-corrected chi connectivity index (χ2v) is 5.23. The van der Waals surface area contributed by atoms with Gasteiger partial charge in [-0.25, -0.2) is 0 Å². The molecular formula is C15H16BrN. The Hall–Kier alpha value is -1.28. The largest absolute Gasteiger partial charge is 0.370 e. The van der Waals surface area contributed by atoms with E-state index in [1.54, 1.807) is 0 Å². The van der Waals surface area contributed by atoms with Crippen LogP contribution in [0.15, 0.2) is 53.0 Å². The van der Waals surface area contributed by atoms with Gasteiger partial charge in [-0.2, -0.15) is 0 Å². The maximum absolute atomic E-state index is 3.45. The average molecular weight is 290 g/mol. The van der Waals surface area contributed by atoms with Gasteiger partial charge in [-0.3, -0.25) is 0 Å². The smallest absolute Gasteiger partial charge is 0.0426 e. The highest BCUT2D eigenvalue weighted by Gasteiger charge is 2.01. The molecule has 0 N–H and O–H groups in total. The van der Waals surface area contributed by atoms with Crippen LogP contribution in [-0.4, -0.2) is 7.05 Å². The number of nitrogens with zero attached hydrogens (tertiary/aromatic N) is 1. The molecule has 0 atom stereocenters. The summed E-state index contributed by atoms with van der Waals surface area (Å²) >= 11 is 3.45. The molecule has 1 nitrogen and oxygen atoms in total. The number of halogens is 1. The zero-order chi connectivity index (χ0) is 12.3. The molecule has 2 heteroatoms. The molecule has 0 fully saturated rings. The molecule has 0 saturated carbocycles. The summed E-state index contributed by atoms with van der Waals surface area (Å²) in [5.74, 6) is 0. The number of benzene rings is 2. The zero-order valence-electron chi connectivity index (χ0n) is 10.2. The average Bonchev–Trinajstić information content (AvgIpc) is 2.33. The van der Waals surface area contributed by atoms with Crippen LogP contribution < -0.4 is 4.90 Å².